The number of aliphatic carboxylic acids is 1. The predicted octanol–water partition coefficient (Wildman–Crippen LogP) is -1.79. The molecule has 1 fully saturated rings. The number of carboxylic acid groups (broad SMARTS) is 1. The minimum atomic E-state index is -4.30. The number of carboxylic acids is 1. The Balaban J connectivity index is 2.67. The van der Waals surface area contributed by atoms with E-state index in [-0.39, 0.29) is 13.2 Å². The van der Waals surface area contributed by atoms with Crippen LogP contribution in [0.5, 0.6) is 0 Å². The zero-order chi connectivity index (χ0) is 14.6. The molecule has 1 heterocycles. The van der Waals surface area contributed by atoms with E-state index in [0.717, 1.165) is 4.90 Å². The maximum absolute atomic E-state index is 12.0. The van der Waals surface area contributed by atoms with Gasteiger partial charge in [-0.3, -0.25) is 9.36 Å². The number of hydrogen-bond acceptors (Lipinski definition) is 6. The van der Waals surface area contributed by atoms with Gasteiger partial charge >= 0.3 is 0 Å². The quantitative estimate of drug-likeness (QED) is 0.574. The summed E-state index contributed by atoms with van der Waals surface area (Å²) in [5.41, 5.74) is 0. The molecule has 8 nitrogen and oxygen atoms in total. The number of nitrogens with zero attached hydrogens (tertiary/aromatic N) is 1. The molecule has 1 N–H and O–H groups in total. The average Bonchev–Trinajstić information content (AvgIpc) is 2.75. The molecule has 3 atom stereocenters. The fourth-order valence-corrected chi connectivity index (χ4v) is 3.02. The highest BCUT2D eigenvalue weighted by Gasteiger charge is 2.33. The van der Waals surface area contributed by atoms with E-state index in [1.165, 1.54) is 13.8 Å². The number of amides is 1. The third kappa shape index (κ3) is 4.28. The number of carbonyl (C=O) groups excluding carboxylic acids is 2. The molecule has 0 saturated carbocycles. The van der Waals surface area contributed by atoms with Crippen LogP contribution in [0.25, 0.3) is 0 Å². The Bertz CT molecular complexity index is 401. The van der Waals surface area contributed by atoms with Crippen LogP contribution in [0.2, 0.25) is 0 Å². The molecule has 0 aromatic carbocycles. The molecule has 1 saturated heterocycles. The van der Waals surface area contributed by atoms with Crippen molar-refractivity contribution in [3.8, 4) is 0 Å². The largest absolute Gasteiger partial charge is 0.766 e. The normalized spacial score (nSPS) is 23.9. The summed E-state index contributed by atoms with van der Waals surface area (Å²) in [6.45, 7) is 3.09. The van der Waals surface area contributed by atoms with Crippen molar-refractivity contribution >= 4 is 19.6 Å². The van der Waals surface area contributed by atoms with E-state index >= 15 is 0 Å². The molecule has 0 spiro atoms. The number of hydrogen-bond donors (Lipinski definition) is 1. The molecule has 1 rings (SSSR count). The van der Waals surface area contributed by atoms with Gasteiger partial charge in [-0.15, -0.1) is 0 Å². The van der Waals surface area contributed by atoms with Crippen molar-refractivity contribution < 1.29 is 28.7 Å². The molecular weight excluding hydrogens is 275 g/mol. The minimum absolute atomic E-state index is 0.0416. The summed E-state index contributed by atoms with van der Waals surface area (Å²) < 4.78 is 15.8. The first kappa shape index (κ1) is 16.1. The first-order valence-corrected chi connectivity index (χ1v) is 7.57. The Morgan fingerprint density at radius 1 is 1.58 bits per heavy atom. The van der Waals surface area contributed by atoms with Gasteiger partial charge in [0, 0.05) is 6.54 Å². The van der Waals surface area contributed by atoms with Gasteiger partial charge in [0.15, 0.2) is 0 Å². The monoisotopic (exact) mass is 292 g/mol. The Morgan fingerprint density at radius 2 is 2.21 bits per heavy atom. The highest BCUT2D eigenvalue weighted by molar-refractivity contribution is 7.49. The van der Waals surface area contributed by atoms with Crippen LogP contribution in [0.4, 0.5) is 0 Å². The van der Waals surface area contributed by atoms with Crippen LogP contribution in [0.3, 0.4) is 0 Å². The third-order valence-corrected chi connectivity index (χ3v) is 4.13. The van der Waals surface area contributed by atoms with Gasteiger partial charge in [-0.2, -0.15) is 0 Å². The predicted molar refractivity (Wildman–Crippen MR) is 61.6 cm³/mol. The van der Waals surface area contributed by atoms with Crippen molar-refractivity contribution in [3.63, 3.8) is 0 Å². The number of rotatable bonds is 6. The van der Waals surface area contributed by atoms with Gasteiger partial charge < -0.3 is 24.2 Å². The maximum atomic E-state index is 12.0. The van der Waals surface area contributed by atoms with E-state index in [1.807, 2.05) is 0 Å². The van der Waals surface area contributed by atoms with Crippen LogP contribution in [-0.2, 0) is 18.7 Å². The maximum Gasteiger partial charge on any atom is 0.240 e. The second-order valence-corrected chi connectivity index (χ2v) is 5.79. The van der Waals surface area contributed by atoms with Crippen LogP contribution in [0, 0.1) is 0 Å². The highest BCUT2D eigenvalue weighted by Crippen LogP contribution is 2.32. The van der Waals surface area contributed by atoms with Gasteiger partial charge in [-0.05, 0) is 26.7 Å². The van der Waals surface area contributed by atoms with E-state index in [4.69, 9.17) is 0 Å². The van der Waals surface area contributed by atoms with Gasteiger partial charge in [0.1, 0.15) is 0 Å². The Labute approximate surface area is 111 Å². The molecule has 1 aliphatic heterocycles. The first-order valence-electron chi connectivity index (χ1n) is 6.03. The lowest BCUT2D eigenvalue weighted by Crippen LogP contribution is -2.52. The molecule has 0 bridgehead atoms. The smallest absolute Gasteiger partial charge is 0.240 e. The molecule has 1 amide bonds. The standard InChI is InChI=1S/C10H19N2O6P/c1-3-18-19(16,17)11-7(2)9(13)12-6-4-5-8(12)10(14)15/h7-8H,3-6H2,1-2H3,(H,14,15)(H2,11,16,17)/p-2/t7-,8-/m0/s1. The highest BCUT2D eigenvalue weighted by atomic mass is 31.2. The number of carbonyl (C=O) groups is 2. The van der Waals surface area contributed by atoms with Crippen molar-refractivity contribution in [2.75, 3.05) is 13.2 Å². The second-order valence-electron chi connectivity index (χ2n) is 4.27. The minimum Gasteiger partial charge on any atom is -0.766 e. The van der Waals surface area contributed by atoms with E-state index < -0.39 is 31.7 Å². The molecule has 0 aromatic rings. The molecule has 1 aliphatic rings. The molecule has 0 aromatic heterocycles. The summed E-state index contributed by atoms with van der Waals surface area (Å²) in [6.07, 6.45) is 0.874. The van der Waals surface area contributed by atoms with Crippen LogP contribution < -0.4 is 15.1 Å². The summed E-state index contributed by atoms with van der Waals surface area (Å²) in [5, 5.41) is 12.9. The first-order chi connectivity index (χ1) is 8.78. The van der Waals surface area contributed by atoms with E-state index in [0.29, 0.717) is 12.8 Å². The molecule has 1 unspecified atom stereocenters. The summed E-state index contributed by atoms with van der Waals surface area (Å²) in [6, 6.07) is -2.07. The summed E-state index contributed by atoms with van der Waals surface area (Å²) >= 11 is 0. The van der Waals surface area contributed by atoms with Crippen molar-refractivity contribution in [1.82, 2.24) is 9.99 Å². The SMILES string of the molecule is CCOP(=O)([O-])N[C@@H](C)C(=O)N1CCC[C@H]1C(=O)[O-]. The van der Waals surface area contributed by atoms with E-state index in [2.05, 4.69) is 9.61 Å². The van der Waals surface area contributed by atoms with Gasteiger partial charge in [0.25, 0.3) is 0 Å². The van der Waals surface area contributed by atoms with E-state index in [1.54, 1.807) is 0 Å². The van der Waals surface area contributed by atoms with E-state index in [9.17, 15) is 24.2 Å². The lowest BCUT2D eigenvalue weighted by atomic mass is 10.2. The zero-order valence-electron chi connectivity index (χ0n) is 10.8. The van der Waals surface area contributed by atoms with Crippen molar-refractivity contribution in [1.29, 1.82) is 0 Å². The van der Waals surface area contributed by atoms with Gasteiger partial charge in [0.2, 0.25) is 13.7 Å². The fourth-order valence-electron chi connectivity index (χ4n) is 2.02. The third-order valence-electron chi connectivity index (χ3n) is 2.83. The molecule has 19 heavy (non-hydrogen) atoms. The molecule has 110 valence electrons. The Hall–Kier alpha value is -0.950. The number of likely N-dealkylation sites (tertiary alicyclic amines) is 1. The van der Waals surface area contributed by atoms with Crippen LogP contribution in [0.1, 0.15) is 26.7 Å². The van der Waals surface area contributed by atoms with Gasteiger partial charge in [-0.1, -0.05) is 0 Å². The Morgan fingerprint density at radius 3 is 2.74 bits per heavy atom. The van der Waals surface area contributed by atoms with Gasteiger partial charge in [-0.25, -0.2) is 5.09 Å². The topological polar surface area (TPSA) is 122 Å². The number of nitrogens with one attached hydrogen (secondary N) is 1. The van der Waals surface area contributed by atoms with Crippen molar-refractivity contribution in [2.45, 2.75) is 38.8 Å². The molecule has 0 radical (unpaired) electrons. The second kappa shape index (κ2) is 6.47. The molecule has 0 aliphatic carbocycles. The van der Waals surface area contributed by atoms with Crippen molar-refractivity contribution in [2.24, 2.45) is 0 Å². The molecular formula is C10H17N2O6P-2. The summed E-state index contributed by atoms with van der Waals surface area (Å²) in [5.74, 6) is -1.92. The molecule has 9 heteroatoms. The fraction of sp³-hybridized carbons (Fsp3) is 0.800. The lowest BCUT2D eigenvalue weighted by molar-refractivity contribution is -0.310. The average molecular weight is 292 g/mol. The Kier molecular flexibility index (Phi) is 5.49. The zero-order valence-corrected chi connectivity index (χ0v) is 11.7. The van der Waals surface area contributed by atoms with Crippen LogP contribution >= 0.6 is 7.75 Å². The van der Waals surface area contributed by atoms with Crippen LogP contribution in [-0.4, -0.2) is 42.0 Å². The lowest BCUT2D eigenvalue weighted by Gasteiger charge is -2.31. The van der Waals surface area contributed by atoms with Gasteiger partial charge in [0.05, 0.1) is 24.7 Å². The van der Waals surface area contributed by atoms with Crippen molar-refractivity contribution in [3.05, 3.63) is 0 Å². The summed E-state index contributed by atoms with van der Waals surface area (Å²) in [4.78, 5) is 35.4. The van der Waals surface area contributed by atoms with Crippen LogP contribution in [0.15, 0.2) is 0 Å². The summed E-state index contributed by atoms with van der Waals surface area (Å²) in [7, 11) is -4.30.